The summed E-state index contributed by atoms with van der Waals surface area (Å²) >= 11 is 0. The second kappa shape index (κ2) is 2.84. The molecule has 2 unspecified atom stereocenters. The third-order valence-electron chi connectivity index (χ3n) is 3.89. The van der Waals surface area contributed by atoms with Gasteiger partial charge in [-0.05, 0) is 24.8 Å². The van der Waals surface area contributed by atoms with Crippen molar-refractivity contribution in [3.05, 3.63) is 35.9 Å². The lowest BCUT2D eigenvalue weighted by molar-refractivity contribution is -0.130. The summed E-state index contributed by atoms with van der Waals surface area (Å²) in [6.45, 7) is 3.87. The fourth-order valence-electron chi connectivity index (χ4n) is 2.93. The van der Waals surface area contributed by atoms with Crippen molar-refractivity contribution in [2.45, 2.75) is 18.8 Å². The molecule has 1 aromatic rings. The van der Waals surface area contributed by atoms with Gasteiger partial charge in [0.2, 0.25) is 5.91 Å². The number of amides is 1. The summed E-state index contributed by atoms with van der Waals surface area (Å²) in [6, 6.07) is 10.3. The van der Waals surface area contributed by atoms with E-state index in [2.05, 4.69) is 19.1 Å². The second-order valence-electron chi connectivity index (χ2n) is 4.58. The highest BCUT2D eigenvalue weighted by Crippen LogP contribution is 2.59. The third-order valence-corrected chi connectivity index (χ3v) is 3.89. The Hall–Kier alpha value is -1.31. The summed E-state index contributed by atoms with van der Waals surface area (Å²) in [5.41, 5.74) is 1.09. The Kier molecular flexibility index (Phi) is 1.70. The lowest BCUT2D eigenvalue weighted by atomic mass is 9.94. The van der Waals surface area contributed by atoms with E-state index in [0.717, 1.165) is 19.5 Å². The molecule has 15 heavy (non-hydrogen) atoms. The molecule has 78 valence electrons. The van der Waals surface area contributed by atoms with Gasteiger partial charge < -0.3 is 4.90 Å². The number of piperidine rings is 1. The highest BCUT2D eigenvalue weighted by molar-refractivity contribution is 5.94. The molecule has 0 N–H and O–H groups in total. The number of benzene rings is 1. The summed E-state index contributed by atoms with van der Waals surface area (Å²) in [7, 11) is 0. The average Bonchev–Trinajstić information content (AvgIpc) is 2.95. The van der Waals surface area contributed by atoms with Gasteiger partial charge in [0.05, 0.1) is 5.41 Å². The molecular formula is C13H15NO. The SMILES string of the molecule is CCN1CC2CC2(c2ccccc2)C1=O. The predicted molar refractivity (Wildman–Crippen MR) is 58.5 cm³/mol. The molecule has 3 rings (SSSR count). The molecule has 1 saturated carbocycles. The molecule has 1 aliphatic carbocycles. The Bertz CT molecular complexity index is 400. The van der Waals surface area contributed by atoms with Gasteiger partial charge in [0.25, 0.3) is 0 Å². The van der Waals surface area contributed by atoms with Crippen molar-refractivity contribution in [1.82, 2.24) is 4.90 Å². The molecule has 2 atom stereocenters. The first-order valence-corrected chi connectivity index (χ1v) is 5.64. The fourth-order valence-corrected chi connectivity index (χ4v) is 2.93. The van der Waals surface area contributed by atoms with E-state index in [1.807, 2.05) is 23.1 Å². The summed E-state index contributed by atoms with van der Waals surface area (Å²) in [4.78, 5) is 14.2. The van der Waals surface area contributed by atoms with Gasteiger partial charge in [-0.3, -0.25) is 4.79 Å². The van der Waals surface area contributed by atoms with Crippen LogP contribution in [0.3, 0.4) is 0 Å². The van der Waals surface area contributed by atoms with E-state index in [0.29, 0.717) is 11.8 Å². The van der Waals surface area contributed by atoms with Crippen molar-refractivity contribution in [3.8, 4) is 0 Å². The van der Waals surface area contributed by atoms with E-state index in [4.69, 9.17) is 0 Å². The Morgan fingerprint density at radius 2 is 2.13 bits per heavy atom. The molecule has 1 amide bonds. The first-order valence-electron chi connectivity index (χ1n) is 5.64. The molecule has 0 aromatic heterocycles. The van der Waals surface area contributed by atoms with Crippen molar-refractivity contribution < 1.29 is 4.79 Å². The largest absolute Gasteiger partial charge is 0.342 e. The van der Waals surface area contributed by atoms with Gasteiger partial charge in [0.15, 0.2) is 0 Å². The number of hydrogen-bond acceptors (Lipinski definition) is 1. The first kappa shape index (κ1) is 8.96. The quantitative estimate of drug-likeness (QED) is 0.714. The number of carbonyl (C=O) groups excluding carboxylic acids is 1. The van der Waals surface area contributed by atoms with Crippen LogP contribution in [-0.4, -0.2) is 23.9 Å². The fraction of sp³-hybridized carbons (Fsp3) is 0.462. The van der Waals surface area contributed by atoms with Gasteiger partial charge in [-0.25, -0.2) is 0 Å². The van der Waals surface area contributed by atoms with Crippen LogP contribution in [0.25, 0.3) is 0 Å². The zero-order valence-electron chi connectivity index (χ0n) is 8.94. The number of likely N-dealkylation sites (tertiary alicyclic amines) is 1. The van der Waals surface area contributed by atoms with Crippen LogP contribution in [0.15, 0.2) is 30.3 Å². The van der Waals surface area contributed by atoms with Crippen LogP contribution in [0.1, 0.15) is 18.9 Å². The monoisotopic (exact) mass is 201 g/mol. The molecule has 0 spiro atoms. The van der Waals surface area contributed by atoms with E-state index < -0.39 is 0 Å². The van der Waals surface area contributed by atoms with Crippen LogP contribution >= 0.6 is 0 Å². The number of likely N-dealkylation sites (N-methyl/N-ethyl adjacent to an activating group) is 1. The van der Waals surface area contributed by atoms with Gasteiger partial charge in [-0.1, -0.05) is 30.3 Å². The first-order chi connectivity index (χ1) is 7.29. The van der Waals surface area contributed by atoms with Gasteiger partial charge >= 0.3 is 0 Å². The number of hydrogen-bond donors (Lipinski definition) is 0. The lowest BCUT2D eigenvalue weighted by Crippen LogP contribution is -2.33. The minimum absolute atomic E-state index is 0.128. The predicted octanol–water partition coefficient (Wildman–Crippen LogP) is 1.81. The van der Waals surface area contributed by atoms with Gasteiger partial charge in [0.1, 0.15) is 0 Å². The van der Waals surface area contributed by atoms with Crippen molar-refractivity contribution >= 4 is 5.91 Å². The zero-order valence-corrected chi connectivity index (χ0v) is 8.94. The molecule has 2 nitrogen and oxygen atoms in total. The molecule has 1 aromatic carbocycles. The molecule has 2 aliphatic rings. The smallest absolute Gasteiger partial charge is 0.233 e. The van der Waals surface area contributed by atoms with Crippen LogP contribution in [0, 0.1) is 5.92 Å². The normalized spacial score (nSPS) is 33.0. The van der Waals surface area contributed by atoms with E-state index in [-0.39, 0.29) is 5.41 Å². The molecule has 0 radical (unpaired) electrons. The third kappa shape index (κ3) is 1.02. The average molecular weight is 201 g/mol. The van der Waals surface area contributed by atoms with Gasteiger partial charge in [0, 0.05) is 13.1 Å². The maximum atomic E-state index is 12.2. The second-order valence-corrected chi connectivity index (χ2v) is 4.58. The Morgan fingerprint density at radius 1 is 1.40 bits per heavy atom. The van der Waals surface area contributed by atoms with Crippen molar-refractivity contribution in [3.63, 3.8) is 0 Å². The van der Waals surface area contributed by atoms with Crippen LogP contribution in [0.5, 0.6) is 0 Å². The van der Waals surface area contributed by atoms with E-state index >= 15 is 0 Å². The summed E-state index contributed by atoms with van der Waals surface area (Å²) in [5.74, 6) is 0.925. The maximum absolute atomic E-state index is 12.2. The Morgan fingerprint density at radius 3 is 2.73 bits per heavy atom. The standard InChI is InChI=1S/C13H15NO/c1-2-14-9-11-8-13(11,12(14)15)10-6-4-3-5-7-10/h3-7,11H,2,8-9H2,1H3. The summed E-state index contributed by atoms with van der Waals surface area (Å²) in [5, 5.41) is 0. The summed E-state index contributed by atoms with van der Waals surface area (Å²) < 4.78 is 0. The minimum Gasteiger partial charge on any atom is -0.342 e. The lowest BCUT2D eigenvalue weighted by Gasteiger charge is -2.19. The van der Waals surface area contributed by atoms with Crippen molar-refractivity contribution in [2.75, 3.05) is 13.1 Å². The highest BCUT2D eigenvalue weighted by Gasteiger charge is 2.66. The van der Waals surface area contributed by atoms with Crippen LogP contribution < -0.4 is 0 Å². The van der Waals surface area contributed by atoms with Crippen LogP contribution in [-0.2, 0) is 10.2 Å². The molecule has 0 bridgehead atoms. The number of fused-ring (bicyclic) bond motifs is 1. The number of carbonyl (C=O) groups is 1. The van der Waals surface area contributed by atoms with Gasteiger partial charge in [-0.15, -0.1) is 0 Å². The Labute approximate surface area is 89.9 Å². The van der Waals surface area contributed by atoms with E-state index in [9.17, 15) is 4.79 Å². The van der Waals surface area contributed by atoms with Crippen LogP contribution in [0.4, 0.5) is 0 Å². The van der Waals surface area contributed by atoms with E-state index in [1.54, 1.807) is 0 Å². The molecule has 1 saturated heterocycles. The van der Waals surface area contributed by atoms with Crippen molar-refractivity contribution in [2.24, 2.45) is 5.92 Å². The zero-order chi connectivity index (χ0) is 10.5. The number of nitrogens with zero attached hydrogens (tertiary/aromatic N) is 1. The summed E-state index contributed by atoms with van der Waals surface area (Å²) in [6.07, 6.45) is 1.06. The van der Waals surface area contributed by atoms with Crippen LogP contribution in [0.2, 0.25) is 0 Å². The highest BCUT2D eigenvalue weighted by atomic mass is 16.2. The molecule has 1 heterocycles. The molecule has 2 heteroatoms. The Balaban J connectivity index is 1.98. The van der Waals surface area contributed by atoms with E-state index in [1.165, 1.54) is 5.56 Å². The van der Waals surface area contributed by atoms with Crippen molar-refractivity contribution in [1.29, 1.82) is 0 Å². The van der Waals surface area contributed by atoms with Gasteiger partial charge in [-0.2, -0.15) is 0 Å². The molecule has 1 aliphatic heterocycles. The number of rotatable bonds is 2. The topological polar surface area (TPSA) is 20.3 Å². The molecular weight excluding hydrogens is 186 g/mol. The molecule has 2 fully saturated rings. The maximum Gasteiger partial charge on any atom is 0.233 e. The minimum atomic E-state index is -0.128.